The first-order valence-electron chi connectivity index (χ1n) is 7.45. The van der Waals surface area contributed by atoms with Crippen LogP contribution in [0.2, 0.25) is 0 Å². The third-order valence-corrected chi connectivity index (χ3v) is 3.88. The quantitative estimate of drug-likeness (QED) is 0.749. The van der Waals surface area contributed by atoms with Gasteiger partial charge in [0.25, 0.3) is 5.91 Å². The van der Waals surface area contributed by atoms with E-state index in [-0.39, 0.29) is 5.91 Å². The summed E-state index contributed by atoms with van der Waals surface area (Å²) in [7, 11) is 1.33. The van der Waals surface area contributed by atoms with E-state index in [2.05, 4.69) is 10.3 Å². The second-order valence-corrected chi connectivity index (χ2v) is 5.30. The second-order valence-electron chi connectivity index (χ2n) is 5.30. The monoisotopic (exact) mass is 320 g/mol. The van der Waals surface area contributed by atoms with E-state index in [9.17, 15) is 9.59 Å². The van der Waals surface area contributed by atoms with Crippen LogP contribution in [0.5, 0.6) is 0 Å². The lowest BCUT2D eigenvalue weighted by Gasteiger charge is -2.12. The minimum absolute atomic E-state index is 0.251. The lowest BCUT2D eigenvalue weighted by Crippen LogP contribution is -2.15. The molecule has 0 saturated heterocycles. The minimum atomic E-state index is -0.432. The number of para-hydroxylation sites is 1. The number of ether oxygens (including phenoxy) is 1. The Balaban J connectivity index is 1.97. The Morgan fingerprint density at radius 3 is 2.58 bits per heavy atom. The smallest absolute Gasteiger partial charge is 0.338 e. The molecule has 0 saturated carbocycles. The number of nitrogens with one attached hydrogen (secondary N) is 1. The average Bonchev–Trinajstić information content (AvgIpc) is 2.62. The summed E-state index contributed by atoms with van der Waals surface area (Å²) in [5.74, 6) is -0.684. The van der Waals surface area contributed by atoms with Crippen molar-refractivity contribution in [2.45, 2.75) is 6.92 Å². The fourth-order valence-corrected chi connectivity index (χ4v) is 2.59. The van der Waals surface area contributed by atoms with Gasteiger partial charge in [0.05, 0.1) is 23.8 Å². The van der Waals surface area contributed by atoms with Gasteiger partial charge in [-0.3, -0.25) is 9.78 Å². The molecule has 0 atom stereocenters. The predicted molar refractivity (Wildman–Crippen MR) is 92.2 cm³/mol. The number of aromatic nitrogens is 1. The van der Waals surface area contributed by atoms with Gasteiger partial charge in [0.2, 0.25) is 0 Å². The van der Waals surface area contributed by atoms with Crippen LogP contribution < -0.4 is 5.32 Å². The summed E-state index contributed by atoms with van der Waals surface area (Å²) in [5, 5.41) is 3.64. The van der Waals surface area contributed by atoms with E-state index in [1.807, 2.05) is 24.3 Å². The SMILES string of the molecule is COC(=O)c1cccc(NC(=O)c2ccnc3ccccc23)c1C. The fraction of sp³-hybridized carbons (Fsp3) is 0.105. The number of carbonyl (C=O) groups excluding carboxylic acids is 2. The molecule has 120 valence electrons. The molecule has 3 aromatic rings. The first-order chi connectivity index (χ1) is 11.6. The summed E-state index contributed by atoms with van der Waals surface area (Å²) in [5.41, 5.74) is 2.95. The number of esters is 1. The molecule has 1 aromatic heterocycles. The van der Waals surface area contributed by atoms with Crippen LogP contribution in [0.1, 0.15) is 26.3 Å². The standard InChI is InChI=1S/C19H16N2O3/c1-12-13(19(23)24-2)7-5-9-16(12)21-18(22)15-10-11-20-17-8-4-3-6-14(15)17/h3-11H,1-2H3,(H,21,22). The predicted octanol–water partition coefficient (Wildman–Crippen LogP) is 3.58. The number of rotatable bonds is 3. The molecule has 0 spiro atoms. The molecule has 1 amide bonds. The van der Waals surface area contributed by atoms with E-state index in [0.717, 1.165) is 10.9 Å². The molecule has 5 heteroatoms. The van der Waals surface area contributed by atoms with Crippen molar-refractivity contribution in [1.29, 1.82) is 0 Å². The summed E-state index contributed by atoms with van der Waals surface area (Å²) in [6, 6.07) is 14.3. The molecule has 0 aliphatic rings. The number of pyridine rings is 1. The molecular weight excluding hydrogens is 304 g/mol. The molecule has 1 N–H and O–H groups in total. The van der Waals surface area contributed by atoms with Crippen LogP contribution in [-0.2, 0) is 4.74 Å². The van der Waals surface area contributed by atoms with E-state index in [1.54, 1.807) is 37.4 Å². The Hall–Kier alpha value is -3.21. The van der Waals surface area contributed by atoms with Crippen LogP contribution >= 0.6 is 0 Å². The van der Waals surface area contributed by atoms with Crippen LogP contribution in [0.25, 0.3) is 10.9 Å². The Morgan fingerprint density at radius 1 is 1.00 bits per heavy atom. The van der Waals surface area contributed by atoms with Gasteiger partial charge in [-0.2, -0.15) is 0 Å². The third-order valence-electron chi connectivity index (χ3n) is 3.88. The van der Waals surface area contributed by atoms with Gasteiger partial charge in [0.1, 0.15) is 0 Å². The van der Waals surface area contributed by atoms with E-state index < -0.39 is 5.97 Å². The zero-order chi connectivity index (χ0) is 17.1. The van der Waals surface area contributed by atoms with Gasteiger partial charge in [0, 0.05) is 17.3 Å². The van der Waals surface area contributed by atoms with Gasteiger partial charge in [-0.15, -0.1) is 0 Å². The number of hydrogen-bond donors (Lipinski definition) is 1. The molecular formula is C19H16N2O3. The first kappa shape index (κ1) is 15.7. The van der Waals surface area contributed by atoms with Gasteiger partial charge < -0.3 is 10.1 Å². The largest absolute Gasteiger partial charge is 0.465 e. The Morgan fingerprint density at radius 2 is 1.79 bits per heavy atom. The van der Waals surface area contributed by atoms with Crippen LogP contribution in [-0.4, -0.2) is 24.0 Å². The van der Waals surface area contributed by atoms with Gasteiger partial charge in [-0.25, -0.2) is 4.79 Å². The van der Waals surface area contributed by atoms with Crippen molar-refractivity contribution in [3.63, 3.8) is 0 Å². The van der Waals surface area contributed by atoms with Crippen molar-refractivity contribution in [3.8, 4) is 0 Å². The molecule has 0 fully saturated rings. The molecule has 0 unspecified atom stereocenters. The van der Waals surface area contributed by atoms with Gasteiger partial charge in [-0.05, 0) is 36.8 Å². The highest BCUT2D eigenvalue weighted by atomic mass is 16.5. The fourth-order valence-electron chi connectivity index (χ4n) is 2.59. The number of hydrogen-bond acceptors (Lipinski definition) is 4. The molecule has 1 heterocycles. The number of nitrogens with zero attached hydrogens (tertiary/aromatic N) is 1. The lowest BCUT2D eigenvalue weighted by molar-refractivity contribution is 0.0599. The van der Waals surface area contributed by atoms with Crippen molar-refractivity contribution in [2.24, 2.45) is 0 Å². The first-order valence-corrected chi connectivity index (χ1v) is 7.45. The maximum absolute atomic E-state index is 12.7. The van der Waals surface area contributed by atoms with Gasteiger partial charge in [-0.1, -0.05) is 24.3 Å². The highest BCUT2D eigenvalue weighted by molar-refractivity contribution is 6.12. The van der Waals surface area contributed by atoms with E-state index in [4.69, 9.17) is 4.74 Å². The van der Waals surface area contributed by atoms with Crippen molar-refractivity contribution >= 4 is 28.5 Å². The van der Waals surface area contributed by atoms with Crippen molar-refractivity contribution in [2.75, 3.05) is 12.4 Å². The van der Waals surface area contributed by atoms with E-state index in [1.165, 1.54) is 7.11 Å². The number of methoxy groups -OCH3 is 1. The zero-order valence-corrected chi connectivity index (χ0v) is 13.4. The van der Waals surface area contributed by atoms with Crippen LogP contribution in [0.15, 0.2) is 54.7 Å². The highest BCUT2D eigenvalue weighted by Crippen LogP contribution is 2.22. The average molecular weight is 320 g/mol. The lowest BCUT2D eigenvalue weighted by atomic mass is 10.1. The van der Waals surface area contributed by atoms with Crippen LogP contribution in [0.4, 0.5) is 5.69 Å². The van der Waals surface area contributed by atoms with Crippen molar-refractivity contribution in [1.82, 2.24) is 4.98 Å². The summed E-state index contributed by atoms with van der Waals surface area (Å²) in [6.07, 6.45) is 1.61. The Labute approximate surface area is 139 Å². The topological polar surface area (TPSA) is 68.3 Å². The normalized spacial score (nSPS) is 10.4. The Bertz CT molecular complexity index is 930. The number of carbonyl (C=O) groups is 2. The number of amides is 1. The zero-order valence-electron chi connectivity index (χ0n) is 13.4. The van der Waals surface area contributed by atoms with E-state index >= 15 is 0 Å². The number of anilines is 1. The summed E-state index contributed by atoms with van der Waals surface area (Å²) in [6.45, 7) is 1.77. The molecule has 0 radical (unpaired) electrons. The highest BCUT2D eigenvalue weighted by Gasteiger charge is 2.15. The summed E-state index contributed by atoms with van der Waals surface area (Å²) >= 11 is 0. The van der Waals surface area contributed by atoms with Crippen LogP contribution in [0, 0.1) is 6.92 Å². The molecule has 24 heavy (non-hydrogen) atoms. The molecule has 0 bridgehead atoms. The van der Waals surface area contributed by atoms with Gasteiger partial charge >= 0.3 is 5.97 Å². The number of benzene rings is 2. The molecule has 3 rings (SSSR count). The Kier molecular flexibility index (Phi) is 4.24. The molecule has 2 aromatic carbocycles. The third kappa shape index (κ3) is 2.84. The maximum atomic E-state index is 12.7. The van der Waals surface area contributed by atoms with Crippen LogP contribution in [0.3, 0.4) is 0 Å². The molecule has 0 aliphatic heterocycles. The number of fused-ring (bicyclic) bond motifs is 1. The molecule has 0 aliphatic carbocycles. The van der Waals surface area contributed by atoms with E-state index in [0.29, 0.717) is 22.4 Å². The van der Waals surface area contributed by atoms with Crippen molar-refractivity contribution in [3.05, 3.63) is 71.4 Å². The maximum Gasteiger partial charge on any atom is 0.338 e. The second kappa shape index (κ2) is 6.50. The summed E-state index contributed by atoms with van der Waals surface area (Å²) in [4.78, 5) is 28.7. The summed E-state index contributed by atoms with van der Waals surface area (Å²) < 4.78 is 4.76. The molecule has 5 nitrogen and oxygen atoms in total. The minimum Gasteiger partial charge on any atom is -0.465 e. The van der Waals surface area contributed by atoms with Crippen molar-refractivity contribution < 1.29 is 14.3 Å². The van der Waals surface area contributed by atoms with Gasteiger partial charge in [0.15, 0.2) is 0 Å².